The zero-order valence-electron chi connectivity index (χ0n) is 60.1. The van der Waals surface area contributed by atoms with Crippen LogP contribution in [0.15, 0.2) is 244 Å². The first-order valence-corrected chi connectivity index (χ1v) is 38.6. The predicted octanol–water partition coefficient (Wildman–Crippen LogP) is 28.4. The molecule has 5 heterocycles. The molecule has 18 aromatic rings. The van der Waals surface area contributed by atoms with Gasteiger partial charge in [0.25, 0.3) is 0 Å². The van der Waals surface area contributed by atoms with Crippen molar-refractivity contribution in [2.45, 2.75) is 147 Å². The molecule has 4 aliphatic rings. The summed E-state index contributed by atoms with van der Waals surface area (Å²) in [4.78, 5) is 2.49. The summed E-state index contributed by atoms with van der Waals surface area (Å²) in [6, 6.07) is 88.8. The van der Waals surface area contributed by atoms with Gasteiger partial charge in [-0.3, -0.25) is 0 Å². The molecule has 104 heavy (non-hydrogen) atoms. The van der Waals surface area contributed by atoms with Crippen molar-refractivity contribution < 1.29 is 13.3 Å². The standard InChI is InChI=1S/C99H82N2O3/c1-56(2)63-50-81-70-43-40-65(100(64-41-45-86-79(53-64)69-27-14-16-35-84(69)99(86,5)6)88-36-20-33-75-74-32-19-29-67(96(74)104-97(75)88)58-23-11-8-12-24-58)54-89(70)101-87-46-39-60-48-80-71-42-37-61(52-90(71)102-91(80)55-77(60)92(87)82(51-63)93(81)101)76(59-38-44-85-78(47-59)68-26-13-15-34-83(68)98(85,3)4)49-62-25-17-30-72-73-31-18-28-66(95(73)103-94(62)72)57-21-9-7-10-22-57/h13-20,25-48,50-58,76H,7-12,21-24,49H2,1-6H3. The van der Waals surface area contributed by atoms with E-state index < -0.39 is 0 Å². The Hall–Kier alpha value is -10.9. The fourth-order valence-corrected chi connectivity index (χ4v) is 20.8. The molecule has 2 saturated carbocycles. The van der Waals surface area contributed by atoms with Crippen molar-refractivity contribution in [1.82, 2.24) is 4.40 Å². The minimum absolute atomic E-state index is 0.00273. The lowest BCUT2D eigenvalue weighted by Gasteiger charge is -2.27. The summed E-state index contributed by atoms with van der Waals surface area (Å²) in [7, 11) is 0. The highest BCUT2D eigenvalue weighted by Crippen LogP contribution is 2.55. The molecule has 5 aromatic heterocycles. The summed E-state index contributed by atoms with van der Waals surface area (Å²) < 4.78 is 24.5. The van der Waals surface area contributed by atoms with E-state index in [4.69, 9.17) is 13.3 Å². The number of rotatable bonds is 10. The fourth-order valence-electron chi connectivity index (χ4n) is 20.8. The number of fused-ring (bicyclic) bond motifs is 23. The van der Waals surface area contributed by atoms with E-state index in [-0.39, 0.29) is 16.7 Å². The van der Waals surface area contributed by atoms with Gasteiger partial charge < -0.3 is 22.6 Å². The first-order chi connectivity index (χ1) is 50.9. The molecule has 0 bridgehead atoms. The van der Waals surface area contributed by atoms with Gasteiger partial charge in [0.1, 0.15) is 27.9 Å². The lowest BCUT2D eigenvalue weighted by Crippen LogP contribution is -2.15. The van der Waals surface area contributed by atoms with Crippen LogP contribution < -0.4 is 4.90 Å². The molecule has 0 aliphatic heterocycles. The summed E-state index contributed by atoms with van der Waals surface area (Å²) in [5.41, 5.74) is 31.0. The van der Waals surface area contributed by atoms with Crippen molar-refractivity contribution in [3.05, 3.63) is 286 Å². The molecule has 0 saturated heterocycles. The Labute approximate surface area is 605 Å². The van der Waals surface area contributed by atoms with Crippen LogP contribution in [0.1, 0.15) is 185 Å². The zero-order valence-corrected chi connectivity index (χ0v) is 60.1. The maximum atomic E-state index is 7.40. The van der Waals surface area contributed by atoms with E-state index in [1.54, 1.807) is 0 Å². The average molecular weight is 1350 g/mol. The minimum atomic E-state index is -0.130. The van der Waals surface area contributed by atoms with E-state index in [0.29, 0.717) is 17.8 Å². The van der Waals surface area contributed by atoms with Crippen LogP contribution in [0.2, 0.25) is 0 Å². The molecule has 22 rings (SSSR count). The topological polar surface area (TPSA) is 47.1 Å². The van der Waals surface area contributed by atoms with Crippen LogP contribution in [0, 0.1) is 0 Å². The van der Waals surface area contributed by atoms with Crippen LogP contribution in [-0.4, -0.2) is 4.40 Å². The SMILES string of the molecule is CC(C)c1cc2c3ccc(N(c4ccc5c(c4)-c4ccccc4C5(C)C)c4cccc5c4oc4c(C6CCCCC6)cccc45)cc3n3c4ccc5cc6c(cc5c4c(c1)c23)oc1cc(C(Cc2cccc3c2oc2c(C4CCCCC4)cccc23)c2ccc3c(c2)-c2ccccc2C3(C)C)ccc16. The second-order valence-corrected chi connectivity index (χ2v) is 32.8. The van der Waals surface area contributed by atoms with Gasteiger partial charge in [-0.1, -0.05) is 244 Å². The molecule has 506 valence electrons. The van der Waals surface area contributed by atoms with E-state index in [1.807, 2.05) is 0 Å². The molecule has 1 atom stereocenters. The van der Waals surface area contributed by atoms with E-state index in [9.17, 15) is 0 Å². The molecule has 13 aromatic carbocycles. The van der Waals surface area contributed by atoms with Gasteiger partial charge in [0.15, 0.2) is 5.58 Å². The minimum Gasteiger partial charge on any atom is -0.456 e. The zero-order chi connectivity index (χ0) is 69.2. The van der Waals surface area contributed by atoms with Gasteiger partial charge >= 0.3 is 0 Å². The van der Waals surface area contributed by atoms with Crippen LogP contribution in [0.3, 0.4) is 0 Å². The smallest absolute Gasteiger partial charge is 0.159 e. The number of benzene rings is 13. The maximum Gasteiger partial charge on any atom is 0.159 e. The first kappa shape index (κ1) is 60.7. The van der Waals surface area contributed by atoms with Crippen molar-refractivity contribution in [3.63, 3.8) is 0 Å². The second kappa shape index (κ2) is 22.3. The molecule has 0 spiro atoms. The molecule has 4 aliphatic carbocycles. The highest BCUT2D eigenvalue weighted by atomic mass is 16.3. The predicted molar refractivity (Wildman–Crippen MR) is 434 cm³/mol. The molecule has 5 nitrogen and oxygen atoms in total. The normalized spacial score (nSPS) is 16.3. The number of hydrogen-bond donors (Lipinski definition) is 0. The Kier molecular flexibility index (Phi) is 13.0. The quantitative estimate of drug-likeness (QED) is 0.137. The van der Waals surface area contributed by atoms with Crippen molar-refractivity contribution in [1.29, 1.82) is 0 Å². The summed E-state index contributed by atoms with van der Waals surface area (Å²) >= 11 is 0. The van der Waals surface area contributed by atoms with Crippen LogP contribution in [-0.2, 0) is 17.3 Å². The third-order valence-electron chi connectivity index (χ3n) is 26.1. The molecule has 0 N–H and O–H groups in total. The molecule has 5 heteroatoms. The monoisotopic (exact) mass is 1350 g/mol. The Morgan fingerprint density at radius 1 is 0.385 bits per heavy atom. The van der Waals surface area contributed by atoms with E-state index in [2.05, 4.69) is 281 Å². The Balaban J connectivity index is 0.715. The van der Waals surface area contributed by atoms with Gasteiger partial charge in [0, 0.05) is 82.0 Å². The van der Waals surface area contributed by atoms with Crippen molar-refractivity contribution in [2.24, 2.45) is 0 Å². The number of nitrogens with zero attached hydrogens (tertiary/aromatic N) is 2. The Morgan fingerprint density at radius 3 is 1.64 bits per heavy atom. The van der Waals surface area contributed by atoms with Crippen LogP contribution in [0.25, 0.3) is 137 Å². The lowest BCUT2D eigenvalue weighted by molar-refractivity contribution is 0.442. The molecule has 1 unspecified atom stereocenters. The van der Waals surface area contributed by atoms with Gasteiger partial charge in [-0.05, 0) is 205 Å². The lowest BCUT2D eigenvalue weighted by atomic mass is 9.80. The van der Waals surface area contributed by atoms with E-state index in [1.165, 1.54) is 207 Å². The first-order valence-electron chi connectivity index (χ1n) is 38.6. The second-order valence-electron chi connectivity index (χ2n) is 32.8. The van der Waals surface area contributed by atoms with Gasteiger partial charge in [-0.2, -0.15) is 0 Å². The fraction of sp³-hybridized carbons (Fsp3) is 0.232. The van der Waals surface area contributed by atoms with E-state index >= 15 is 0 Å². The van der Waals surface area contributed by atoms with E-state index in [0.717, 1.165) is 73.1 Å². The number of aromatic nitrogens is 1. The number of anilines is 3. The van der Waals surface area contributed by atoms with Crippen LogP contribution >= 0.6 is 0 Å². The third-order valence-corrected chi connectivity index (χ3v) is 26.1. The van der Waals surface area contributed by atoms with Crippen LogP contribution in [0.4, 0.5) is 17.1 Å². The molecular weight excluding hydrogens is 1270 g/mol. The molecular formula is C99H82N2O3. The van der Waals surface area contributed by atoms with Crippen molar-refractivity contribution in [3.8, 4) is 22.3 Å². The number of furan rings is 3. The van der Waals surface area contributed by atoms with Gasteiger partial charge in [0.05, 0.1) is 22.2 Å². The van der Waals surface area contributed by atoms with Gasteiger partial charge in [0.2, 0.25) is 0 Å². The largest absolute Gasteiger partial charge is 0.456 e. The highest BCUT2D eigenvalue weighted by molar-refractivity contribution is 6.30. The summed E-state index contributed by atoms with van der Waals surface area (Å²) in [5.74, 6) is 1.35. The Morgan fingerprint density at radius 2 is 0.942 bits per heavy atom. The Bertz CT molecular complexity index is 6660. The number of hydrogen-bond acceptors (Lipinski definition) is 4. The van der Waals surface area contributed by atoms with Crippen molar-refractivity contribution in [2.75, 3.05) is 4.90 Å². The summed E-state index contributed by atoms with van der Waals surface area (Å²) in [6.07, 6.45) is 13.4. The molecule has 0 amide bonds. The van der Waals surface area contributed by atoms with Gasteiger partial charge in [-0.25, -0.2) is 0 Å². The highest BCUT2D eigenvalue weighted by Gasteiger charge is 2.38. The molecule has 2 fully saturated rings. The summed E-state index contributed by atoms with van der Waals surface area (Å²) in [6.45, 7) is 14.2. The van der Waals surface area contributed by atoms with Crippen molar-refractivity contribution >= 4 is 132 Å². The molecule has 0 radical (unpaired) electrons. The van der Waals surface area contributed by atoms with Gasteiger partial charge in [-0.15, -0.1) is 0 Å². The average Bonchev–Trinajstić information content (AvgIpc) is 1.52. The summed E-state index contributed by atoms with van der Waals surface area (Å²) in [5, 5.41) is 14.5. The van der Waals surface area contributed by atoms with Crippen LogP contribution in [0.5, 0.6) is 0 Å². The maximum absolute atomic E-state index is 7.40. The number of para-hydroxylation sites is 4. The third kappa shape index (κ3) is 8.67.